The third kappa shape index (κ3) is 6.77. The Morgan fingerprint density at radius 1 is 1.24 bits per heavy atom. The fourth-order valence-corrected chi connectivity index (χ4v) is 2.30. The van der Waals surface area contributed by atoms with E-state index in [1.165, 1.54) is 4.90 Å². The van der Waals surface area contributed by atoms with Gasteiger partial charge in [0.05, 0.1) is 13.2 Å². The summed E-state index contributed by atoms with van der Waals surface area (Å²) in [5.41, 5.74) is 0. The van der Waals surface area contributed by atoms with Crippen LogP contribution in [0.25, 0.3) is 0 Å². The standard InChI is InChI=1S/C14H26N2O5/c1-20-10-11-21-9-5-3-7-15-14(19)16-8-4-2-6-12(16)13(17)18/h12H,2-11H2,1H3,(H,15,19)(H,17,18). The summed E-state index contributed by atoms with van der Waals surface area (Å²) < 4.78 is 10.2. The summed E-state index contributed by atoms with van der Waals surface area (Å²) in [4.78, 5) is 24.5. The summed E-state index contributed by atoms with van der Waals surface area (Å²) in [7, 11) is 1.63. The lowest BCUT2D eigenvalue weighted by Gasteiger charge is -2.32. The maximum atomic E-state index is 12.0. The minimum Gasteiger partial charge on any atom is -0.480 e. The number of carboxylic acid groups (broad SMARTS) is 1. The molecular weight excluding hydrogens is 276 g/mol. The molecule has 0 aromatic carbocycles. The van der Waals surface area contributed by atoms with E-state index in [-0.39, 0.29) is 6.03 Å². The number of amides is 2. The molecule has 1 rings (SSSR count). The monoisotopic (exact) mass is 302 g/mol. The minimum absolute atomic E-state index is 0.276. The summed E-state index contributed by atoms with van der Waals surface area (Å²) >= 11 is 0. The number of nitrogens with one attached hydrogen (secondary N) is 1. The zero-order chi connectivity index (χ0) is 15.5. The van der Waals surface area contributed by atoms with E-state index in [9.17, 15) is 9.59 Å². The van der Waals surface area contributed by atoms with E-state index in [1.807, 2.05) is 0 Å². The third-order valence-electron chi connectivity index (χ3n) is 3.47. The summed E-state index contributed by atoms with van der Waals surface area (Å²) in [6.45, 7) is 2.86. The van der Waals surface area contributed by atoms with Gasteiger partial charge >= 0.3 is 12.0 Å². The largest absolute Gasteiger partial charge is 0.480 e. The molecule has 0 aliphatic carbocycles. The van der Waals surface area contributed by atoms with Gasteiger partial charge in [-0.15, -0.1) is 0 Å². The number of aliphatic carboxylic acids is 1. The number of carboxylic acids is 1. The van der Waals surface area contributed by atoms with E-state index in [1.54, 1.807) is 7.11 Å². The van der Waals surface area contributed by atoms with Crippen LogP contribution in [0, 0.1) is 0 Å². The molecule has 1 aliphatic rings. The number of hydrogen-bond acceptors (Lipinski definition) is 4. The summed E-state index contributed by atoms with van der Waals surface area (Å²) in [5, 5.41) is 11.9. The predicted molar refractivity (Wildman–Crippen MR) is 77.3 cm³/mol. The Balaban J connectivity index is 2.13. The molecule has 1 saturated heterocycles. The van der Waals surface area contributed by atoms with Crippen LogP contribution in [0.4, 0.5) is 4.79 Å². The number of hydrogen-bond donors (Lipinski definition) is 2. The van der Waals surface area contributed by atoms with Gasteiger partial charge in [-0.05, 0) is 32.1 Å². The molecule has 0 spiro atoms. The lowest BCUT2D eigenvalue weighted by atomic mass is 10.0. The Bertz CT molecular complexity index is 324. The summed E-state index contributed by atoms with van der Waals surface area (Å²) in [5.74, 6) is -0.920. The van der Waals surface area contributed by atoms with Crippen molar-refractivity contribution in [2.45, 2.75) is 38.1 Å². The first-order valence-corrected chi connectivity index (χ1v) is 7.50. The van der Waals surface area contributed by atoms with E-state index in [2.05, 4.69) is 5.32 Å². The lowest BCUT2D eigenvalue weighted by molar-refractivity contribution is -0.143. The maximum Gasteiger partial charge on any atom is 0.326 e. The van der Waals surface area contributed by atoms with Crippen LogP contribution in [0.1, 0.15) is 32.1 Å². The van der Waals surface area contributed by atoms with Gasteiger partial charge in [0, 0.05) is 26.8 Å². The number of urea groups is 1. The molecule has 2 N–H and O–H groups in total. The molecule has 0 saturated carbocycles. The highest BCUT2D eigenvalue weighted by Gasteiger charge is 2.31. The molecule has 21 heavy (non-hydrogen) atoms. The summed E-state index contributed by atoms with van der Waals surface area (Å²) in [6.07, 6.45) is 3.93. The maximum absolute atomic E-state index is 12.0. The van der Waals surface area contributed by atoms with Crippen molar-refractivity contribution in [1.82, 2.24) is 10.2 Å². The smallest absolute Gasteiger partial charge is 0.326 e. The van der Waals surface area contributed by atoms with Gasteiger partial charge in [-0.2, -0.15) is 0 Å². The minimum atomic E-state index is -0.920. The number of piperidine rings is 1. The number of carbonyl (C=O) groups is 2. The fraction of sp³-hybridized carbons (Fsp3) is 0.857. The van der Waals surface area contributed by atoms with Crippen molar-refractivity contribution in [2.24, 2.45) is 0 Å². The van der Waals surface area contributed by atoms with Gasteiger partial charge in [-0.3, -0.25) is 0 Å². The van der Waals surface area contributed by atoms with E-state index in [0.29, 0.717) is 39.3 Å². The third-order valence-corrected chi connectivity index (χ3v) is 3.47. The molecular formula is C14H26N2O5. The number of rotatable bonds is 9. The van der Waals surface area contributed by atoms with Gasteiger partial charge in [-0.1, -0.05) is 0 Å². The Labute approximate surface area is 125 Å². The average Bonchev–Trinajstić information content (AvgIpc) is 2.49. The number of ether oxygens (including phenoxy) is 2. The molecule has 7 nitrogen and oxygen atoms in total. The van der Waals surface area contributed by atoms with Crippen molar-refractivity contribution in [3.8, 4) is 0 Å². The molecule has 2 amide bonds. The van der Waals surface area contributed by atoms with Crippen LogP contribution in [0.5, 0.6) is 0 Å². The Morgan fingerprint density at radius 2 is 2.05 bits per heavy atom. The van der Waals surface area contributed by atoms with Gasteiger partial charge in [0.2, 0.25) is 0 Å². The quantitative estimate of drug-likeness (QED) is 0.622. The highest BCUT2D eigenvalue weighted by Crippen LogP contribution is 2.17. The van der Waals surface area contributed by atoms with Crippen LogP contribution in [0.15, 0.2) is 0 Å². The highest BCUT2D eigenvalue weighted by molar-refractivity contribution is 5.82. The van der Waals surface area contributed by atoms with Crippen molar-refractivity contribution in [3.05, 3.63) is 0 Å². The molecule has 122 valence electrons. The highest BCUT2D eigenvalue weighted by atomic mass is 16.5. The lowest BCUT2D eigenvalue weighted by Crippen LogP contribution is -2.52. The van der Waals surface area contributed by atoms with Crippen molar-refractivity contribution < 1.29 is 24.2 Å². The fourth-order valence-electron chi connectivity index (χ4n) is 2.30. The summed E-state index contributed by atoms with van der Waals surface area (Å²) in [6, 6.07) is -0.960. The van der Waals surface area contributed by atoms with Gasteiger partial charge in [0.1, 0.15) is 6.04 Å². The van der Waals surface area contributed by atoms with Gasteiger partial charge in [-0.25, -0.2) is 9.59 Å². The zero-order valence-corrected chi connectivity index (χ0v) is 12.7. The Kier molecular flexibility index (Phi) is 8.77. The first-order chi connectivity index (χ1) is 10.2. The van der Waals surface area contributed by atoms with Crippen LogP contribution < -0.4 is 5.32 Å². The van der Waals surface area contributed by atoms with Gasteiger partial charge in [0.25, 0.3) is 0 Å². The normalized spacial score (nSPS) is 18.5. The number of nitrogens with zero attached hydrogens (tertiary/aromatic N) is 1. The number of unbranched alkanes of at least 4 members (excludes halogenated alkanes) is 1. The van der Waals surface area contributed by atoms with Crippen LogP contribution in [0.3, 0.4) is 0 Å². The molecule has 0 aromatic heterocycles. The Hall–Kier alpha value is -1.34. The second-order valence-corrected chi connectivity index (χ2v) is 5.09. The molecule has 1 atom stereocenters. The molecule has 7 heteroatoms. The van der Waals surface area contributed by atoms with Crippen LogP contribution in [-0.2, 0) is 14.3 Å². The van der Waals surface area contributed by atoms with E-state index in [0.717, 1.165) is 25.7 Å². The topological polar surface area (TPSA) is 88.1 Å². The first kappa shape index (κ1) is 17.7. The average molecular weight is 302 g/mol. The SMILES string of the molecule is COCCOCCCCNC(=O)N1CCCCC1C(=O)O. The van der Waals surface area contributed by atoms with Crippen molar-refractivity contribution in [3.63, 3.8) is 0 Å². The van der Waals surface area contributed by atoms with Gasteiger partial charge < -0.3 is 24.8 Å². The number of carbonyl (C=O) groups excluding carboxylic acids is 1. The van der Waals surface area contributed by atoms with Crippen molar-refractivity contribution >= 4 is 12.0 Å². The Morgan fingerprint density at radius 3 is 2.76 bits per heavy atom. The van der Waals surface area contributed by atoms with Crippen molar-refractivity contribution in [1.29, 1.82) is 0 Å². The molecule has 0 bridgehead atoms. The zero-order valence-electron chi connectivity index (χ0n) is 12.7. The molecule has 1 heterocycles. The second kappa shape index (κ2) is 10.4. The van der Waals surface area contributed by atoms with E-state index in [4.69, 9.17) is 14.6 Å². The number of likely N-dealkylation sites (tertiary alicyclic amines) is 1. The van der Waals surface area contributed by atoms with Crippen LogP contribution >= 0.6 is 0 Å². The number of methoxy groups -OCH3 is 1. The molecule has 1 aliphatic heterocycles. The van der Waals surface area contributed by atoms with Crippen molar-refractivity contribution in [2.75, 3.05) is 40.0 Å². The van der Waals surface area contributed by atoms with Crippen LogP contribution in [0.2, 0.25) is 0 Å². The van der Waals surface area contributed by atoms with Gasteiger partial charge in [0.15, 0.2) is 0 Å². The molecule has 0 radical (unpaired) electrons. The second-order valence-electron chi connectivity index (χ2n) is 5.09. The first-order valence-electron chi connectivity index (χ1n) is 7.50. The van der Waals surface area contributed by atoms with E-state index >= 15 is 0 Å². The molecule has 1 unspecified atom stereocenters. The van der Waals surface area contributed by atoms with E-state index < -0.39 is 12.0 Å². The molecule has 0 aromatic rings. The molecule has 1 fully saturated rings. The predicted octanol–water partition coefficient (Wildman–Crippen LogP) is 1.08. The van der Waals surface area contributed by atoms with Crippen LogP contribution in [-0.4, -0.2) is 68.1 Å².